The van der Waals surface area contributed by atoms with Gasteiger partial charge >= 0.3 is 12.5 Å². The monoisotopic (exact) mass is 492 g/mol. The molecule has 35 heavy (non-hydrogen) atoms. The summed E-state index contributed by atoms with van der Waals surface area (Å²) in [6.45, 7) is 0.153. The molecule has 188 valence electrons. The molecule has 7 nitrogen and oxygen atoms in total. The summed E-state index contributed by atoms with van der Waals surface area (Å²) in [5, 5.41) is 9.47. The minimum Gasteiger partial charge on any atom is -0.465 e. The summed E-state index contributed by atoms with van der Waals surface area (Å²) in [7, 11) is 1.70. The molecule has 2 amide bonds. The number of rotatable bonds is 10. The third-order valence-corrected chi connectivity index (χ3v) is 5.96. The van der Waals surface area contributed by atoms with Crippen molar-refractivity contribution < 1.29 is 37.4 Å². The molecule has 2 aromatic rings. The normalized spacial score (nSPS) is 13.4. The van der Waals surface area contributed by atoms with E-state index >= 15 is 0 Å². The summed E-state index contributed by atoms with van der Waals surface area (Å²) in [6, 6.07) is 9.87. The van der Waals surface area contributed by atoms with Crippen LogP contribution in [0.4, 0.5) is 23.7 Å². The third kappa shape index (κ3) is 6.97. The van der Waals surface area contributed by atoms with Crippen LogP contribution in [0.1, 0.15) is 36.8 Å². The molecule has 1 heterocycles. The van der Waals surface area contributed by atoms with Crippen LogP contribution in [-0.2, 0) is 22.4 Å². The maximum Gasteiger partial charge on any atom is 0.573 e. The number of ether oxygens (including phenoxy) is 1. The zero-order valence-electron chi connectivity index (χ0n) is 19.3. The first kappa shape index (κ1) is 26.1. The van der Waals surface area contributed by atoms with E-state index in [4.69, 9.17) is 0 Å². The van der Waals surface area contributed by atoms with Crippen molar-refractivity contribution in [2.24, 2.45) is 0 Å². The summed E-state index contributed by atoms with van der Waals surface area (Å²) in [4.78, 5) is 36.7. The molecule has 0 radical (unpaired) electrons. The van der Waals surface area contributed by atoms with Gasteiger partial charge in [0.05, 0.1) is 0 Å². The van der Waals surface area contributed by atoms with Gasteiger partial charge in [0.25, 0.3) is 0 Å². The molecular formula is C25H27F3N2O5. The summed E-state index contributed by atoms with van der Waals surface area (Å²) in [5.74, 6) is -0.355. The van der Waals surface area contributed by atoms with Crippen LogP contribution in [0.15, 0.2) is 36.4 Å². The topological polar surface area (TPSA) is 87.2 Å². The Balaban J connectivity index is 1.86. The highest BCUT2D eigenvalue weighted by Gasteiger charge is 2.32. The highest BCUT2D eigenvalue weighted by molar-refractivity contribution is 5.96. The average molecular weight is 492 g/mol. The molecule has 1 aliphatic heterocycles. The molecule has 0 aliphatic carbocycles. The zero-order chi connectivity index (χ0) is 25.6. The SMILES string of the molecule is CN1C(=O)CCc2cc(-c3ccc(OC(F)(F)F)c(CCN(CCCCC=O)C(=O)O)c3)ccc21. The van der Waals surface area contributed by atoms with E-state index in [0.29, 0.717) is 37.7 Å². The lowest BCUT2D eigenvalue weighted by Crippen LogP contribution is -2.32. The Kier molecular flexibility index (Phi) is 8.37. The van der Waals surface area contributed by atoms with Crippen LogP contribution in [0.3, 0.4) is 0 Å². The molecule has 10 heteroatoms. The van der Waals surface area contributed by atoms with Crippen molar-refractivity contribution in [3.8, 4) is 16.9 Å². The fourth-order valence-corrected chi connectivity index (χ4v) is 4.10. The molecule has 0 aromatic heterocycles. The number of nitrogens with zero attached hydrogens (tertiary/aromatic N) is 2. The molecule has 0 saturated carbocycles. The molecule has 1 N–H and O–H groups in total. The number of alkyl halides is 3. The minimum absolute atomic E-state index is 0.0153. The lowest BCUT2D eigenvalue weighted by atomic mass is 9.95. The van der Waals surface area contributed by atoms with Crippen LogP contribution in [0.2, 0.25) is 0 Å². The number of carbonyl (C=O) groups is 3. The first-order valence-corrected chi connectivity index (χ1v) is 11.3. The number of aryl methyl sites for hydroxylation is 1. The van der Waals surface area contributed by atoms with Crippen LogP contribution in [0.5, 0.6) is 5.75 Å². The van der Waals surface area contributed by atoms with Gasteiger partial charge in [-0.1, -0.05) is 12.1 Å². The van der Waals surface area contributed by atoms with Crippen molar-refractivity contribution in [1.29, 1.82) is 0 Å². The van der Waals surface area contributed by atoms with Gasteiger partial charge in [-0.3, -0.25) is 4.79 Å². The lowest BCUT2D eigenvalue weighted by Gasteiger charge is -2.26. The lowest BCUT2D eigenvalue weighted by molar-refractivity contribution is -0.274. The molecule has 1 aliphatic rings. The number of halogens is 3. The van der Waals surface area contributed by atoms with Gasteiger partial charge in [0.1, 0.15) is 12.0 Å². The van der Waals surface area contributed by atoms with E-state index in [9.17, 15) is 32.7 Å². The Hall–Kier alpha value is -3.56. The number of benzene rings is 2. The number of carbonyl (C=O) groups excluding carboxylic acids is 2. The maximum absolute atomic E-state index is 13.0. The molecule has 0 atom stereocenters. The van der Waals surface area contributed by atoms with Gasteiger partial charge in [-0.2, -0.15) is 0 Å². The Morgan fingerprint density at radius 3 is 2.51 bits per heavy atom. The van der Waals surface area contributed by atoms with E-state index < -0.39 is 12.5 Å². The largest absolute Gasteiger partial charge is 0.573 e. The fraction of sp³-hybridized carbons (Fsp3) is 0.400. The van der Waals surface area contributed by atoms with Crippen molar-refractivity contribution in [1.82, 2.24) is 4.90 Å². The van der Waals surface area contributed by atoms with Crippen LogP contribution in [0, 0.1) is 0 Å². The molecule has 0 bridgehead atoms. The van der Waals surface area contributed by atoms with Crippen molar-refractivity contribution in [3.05, 3.63) is 47.5 Å². The quantitative estimate of drug-likeness (QED) is 0.370. The highest BCUT2D eigenvalue weighted by atomic mass is 19.4. The van der Waals surface area contributed by atoms with Gasteiger partial charge in [-0.25, -0.2) is 4.79 Å². The molecule has 0 saturated heterocycles. The van der Waals surface area contributed by atoms with E-state index in [1.165, 1.54) is 12.1 Å². The Morgan fingerprint density at radius 2 is 1.83 bits per heavy atom. The molecule has 0 fully saturated rings. The number of fused-ring (bicyclic) bond motifs is 1. The van der Waals surface area contributed by atoms with E-state index in [-0.39, 0.29) is 36.7 Å². The zero-order valence-corrected chi connectivity index (χ0v) is 19.3. The van der Waals surface area contributed by atoms with E-state index in [1.54, 1.807) is 24.1 Å². The first-order chi connectivity index (χ1) is 16.6. The average Bonchev–Trinajstić information content (AvgIpc) is 2.80. The standard InChI is InChI=1S/C25H27F3N2O5/c1-29-21-8-5-17(15-19(21)7-10-23(29)32)18-6-9-22(35-25(26,27)28)20(16-18)11-13-30(24(33)34)12-3-2-4-14-31/h5-6,8-9,14-16H,2-4,7,10-13H2,1H3,(H,33,34). The summed E-state index contributed by atoms with van der Waals surface area (Å²) >= 11 is 0. The highest BCUT2D eigenvalue weighted by Crippen LogP contribution is 2.34. The predicted molar refractivity (Wildman–Crippen MR) is 124 cm³/mol. The third-order valence-electron chi connectivity index (χ3n) is 5.96. The van der Waals surface area contributed by atoms with Crippen molar-refractivity contribution in [2.45, 2.75) is 44.9 Å². The second-order valence-electron chi connectivity index (χ2n) is 8.35. The predicted octanol–water partition coefficient (Wildman–Crippen LogP) is 5.05. The summed E-state index contributed by atoms with van der Waals surface area (Å²) in [6.07, 6.45) is -3.01. The summed E-state index contributed by atoms with van der Waals surface area (Å²) in [5.41, 5.74) is 3.42. The van der Waals surface area contributed by atoms with Gasteiger partial charge in [0.15, 0.2) is 0 Å². The minimum atomic E-state index is -4.89. The molecule has 0 unspecified atom stereocenters. The van der Waals surface area contributed by atoms with E-state index in [1.807, 2.05) is 12.1 Å². The van der Waals surface area contributed by atoms with Crippen molar-refractivity contribution in [3.63, 3.8) is 0 Å². The Morgan fingerprint density at radius 1 is 1.11 bits per heavy atom. The molecule has 2 aromatic carbocycles. The van der Waals surface area contributed by atoms with Gasteiger partial charge in [0, 0.05) is 38.7 Å². The smallest absolute Gasteiger partial charge is 0.465 e. The van der Waals surface area contributed by atoms with Gasteiger partial charge in [0.2, 0.25) is 5.91 Å². The molecule has 0 spiro atoms. The van der Waals surface area contributed by atoms with Crippen molar-refractivity contribution in [2.75, 3.05) is 25.0 Å². The molecular weight excluding hydrogens is 465 g/mol. The van der Waals surface area contributed by atoms with Gasteiger partial charge in [-0.15, -0.1) is 13.2 Å². The van der Waals surface area contributed by atoms with Crippen molar-refractivity contribution >= 4 is 24.0 Å². The summed E-state index contributed by atoms with van der Waals surface area (Å²) < 4.78 is 43.1. The van der Waals surface area contributed by atoms with Gasteiger partial charge < -0.3 is 24.4 Å². The van der Waals surface area contributed by atoms with Crippen LogP contribution < -0.4 is 9.64 Å². The van der Waals surface area contributed by atoms with Gasteiger partial charge in [-0.05, 0) is 72.2 Å². The second-order valence-corrected chi connectivity index (χ2v) is 8.35. The number of carboxylic acid groups (broad SMARTS) is 1. The maximum atomic E-state index is 13.0. The number of hydrogen-bond donors (Lipinski definition) is 1. The fourth-order valence-electron chi connectivity index (χ4n) is 4.10. The molecule has 3 rings (SSSR count). The van der Waals surface area contributed by atoms with E-state index in [0.717, 1.165) is 28.0 Å². The van der Waals surface area contributed by atoms with Crippen LogP contribution >= 0.6 is 0 Å². The number of anilines is 1. The van der Waals surface area contributed by atoms with Crippen LogP contribution in [-0.4, -0.2) is 54.8 Å². The second kappa shape index (κ2) is 11.2. The Labute approximate surface area is 201 Å². The number of amides is 2. The number of unbranched alkanes of at least 4 members (excludes halogenated alkanes) is 2. The first-order valence-electron chi connectivity index (χ1n) is 11.3. The van der Waals surface area contributed by atoms with Crippen LogP contribution in [0.25, 0.3) is 11.1 Å². The number of aldehydes is 1. The number of hydrogen-bond acceptors (Lipinski definition) is 4. The Bertz CT molecular complexity index is 1090. The van der Waals surface area contributed by atoms with E-state index in [2.05, 4.69) is 4.74 Å².